The fraction of sp³-hybridized carbons (Fsp3) is 0.478. The Balaban J connectivity index is 1.41. The van der Waals surface area contributed by atoms with E-state index in [1.807, 2.05) is 6.07 Å². The van der Waals surface area contributed by atoms with Gasteiger partial charge in [-0.25, -0.2) is 13.8 Å². The number of anilines is 1. The van der Waals surface area contributed by atoms with E-state index in [2.05, 4.69) is 27.9 Å². The molecule has 2 aliphatic rings. The SMILES string of the molecule is COc1cncc(C(F)(F)CCC(=O)N2CC3C[C@H](C)C(C2)N3c2ccc(C#N)cn2)c1. The summed E-state index contributed by atoms with van der Waals surface area (Å²) >= 11 is 0. The van der Waals surface area contributed by atoms with Crippen LogP contribution in [0.25, 0.3) is 0 Å². The van der Waals surface area contributed by atoms with Crippen LogP contribution in [-0.4, -0.2) is 53.1 Å². The van der Waals surface area contributed by atoms with Crippen LogP contribution in [0.3, 0.4) is 0 Å². The van der Waals surface area contributed by atoms with Crippen molar-refractivity contribution in [2.75, 3.05) is 25.1 Å². The second-order valence-electron chi connectivity index (χ2n) is 8.47. The molecule has 2 aromatic heterocycles. The summed E-state index contributed by atoms with van der Waals surface area (Å²) in [5.74, 6) is -2.05. The second kappa shape index (κ2) is 8.69. The van der Waals surface area contributed by atoms with Gasteiger partial charge in [0.2, 0.25) is 5.91 Å². The summed E-state index contributed by atoms with van der Waals surface area (Å²) in [6.07, 6.45) is 4.10. The third-order valence-electron chi connectivity index (χ3n) is 6.41. The van der Waals surface area contributed by atoms with Crippen molar-refractivity contribution in [2.24, 2.45) is 5.92 Å². The molecule has 2 unspecified atom stereocenters. The van der Waals surface area contributed by atoms with E-state index in [-0.39, 0.29) is 35.7 Å². The van der Waals surface area contributed by atoms with Crippen molar-refractivity contribution in [2.45, 2.75) is 44.2 Å². The number of aromatic nitrogens is 2. The zero-order valence-corrected chi connectivity index (χ0v) is 18.0. The Hall–Kier alpha value is -3.28. The molecule has 1 amide bonds. The van der Waals surface area contributed by atoms with Crippen LogP contribution in [0.4, 0.5) is 14.6 Å². The standard InChI is InChI=1S/C23H25F2N5O2/c1-15-7-18-13-29(14-20(15)30(18)21-4-3-16(9-26)10-28-21)22(31)5-6-23(24,25)17-8-19(32-2)12-27-11-17/h3-4,8,10-12,15,18,20H,5-7,13-14H2,1-2H3/t15-,18?,20?/m0/s1. The van der Waals surface area contributed by atoms with Crippen LogP contribution in [0.1, 0.15) is 37.3 Å². The maximum Gasteiger partial charge on any atom is 0.275 e. The van der Waals surface area contributed by atoms with E-state index in [9.17, 15) is 13.6 Å². The van der Waals surface area contributed by atoms with E-state index in [4.69, 9.17) is 10.00 Å². The van der Waals surface area contributed by atoms with Crippen LogP contribution in [-0.2, 0) is 10.7 Å². The summed E-state index contributed by atoms with van der Waals surface area (Å²) in [4.78, 5) is 25.0. The fourth-order valence-electron chi connectivity index (χ4n) is 4.69. The van der Waals surface area contributed by atoms with E-state index in [1.54, 1.807) is 17.2 Å². The lowest BCUT2D eigenvalue weighted by molar-refractivity contribution is -0.134. The number of fused-ring (bicyclic) bond motifs is 2. The maximum atomic E-state index is 14.7. The molecular formula is C23H25F2N5O2. The number of amides is 1. The molecule has 32 heavy (non-hydrogen) atoms. The van der Waals surface area contributed by atoms with Crippen molar-refractivity contribution in [3.63, 3.8) is 0 Å². The highest BCUT2D eigenvalue weighted by molar-refractivity contribution is 5.77. The third kappa shape index (κ3) is 4.22. The Kier molecular flexibility index (Phi) is 5.96. The van der Waals surface area contributed by atoms with E-state index in [0.717, 1.165) is 18.4 Å². The number of nitrogens with zero attached hydrogens (tertiary/aromatic N) is 5. The first-order chi connectivity index (χ1) is 15.3. The Morgan fingerprint density at radius 2 is 2.12 bits per heavy atom. The summed E-state index contributed by atoms with van der Waals surface area (Å²) in [5, 5.41) is 8.99. The van der Waals surface area contributed by atoms with Gasteiger partial charge in [0, 0.05) is 49.9 Å². The lowest BCUT2D eigenvalue weighted by Gasteiger charge is -2.42. The second-order valence-corrected chi connectivity index (χ2v) is 8.47. The Bertz CT molecular complexity index is 1020. The number of methoxy groups -OCH3 is 1. The van der Waals surface area contributed by atoms with Gasteiger partial charge in [-0.15, -0.1) is 0 Å². The number of likely N-dealkylation sites (tertiary alicyclic amines) is 1. The molecule has 2 saturated heterocycles. The molecule has 9 heteroatoms. The number of carbonyl (C=O) groups excluding carboxylic acids is 1. The molecule has 0 radical (unpaired) electrons. The predicted octanol–water partition coefficient (Wildman–Crippen LogP) is 3.35. The Morgan fingerprint density at radius 3 is 2.78 bits per heavy atom. The summed E-state index contributed by atoms with van der Waals surface area (Å²) in [7, 11) is 1.39. The maximum absolute atomic E-state index is 14.7. The summed E-state index contributed by atoms with van der Waals surface area (Å²) in [6, 6.07) is 7.03. The molecule has 168 valence electrons. The Labute approximate surface area is 185 Å². The number of hydrogen-bond acceptors (Lipinski definition) is 6. The van der Waals surface area contributed by atoms with Gasteiger partial charge in [-0.05, 0) is 30.5 Å². The first-order valence-electron chi connectivity index (χ1n) is 10.6. The number of pyridine rings is 2. The van der Waals surface area contributed by atoms with Gasteiger partial charge in [-0.3, -0.25) is 9.78 Å². The average Bonchev–Trinajstić information content (AvgIpc) is 3.01. The van der Waals surface area contributed by atoms with Crippen LogP contribution >= 0.6 is 0 Å². The quantitative estimate of drug-likeness (QED) is 0.684. The van der Waals surface area contributed by atoms with Gasteiger partial charge in [0.25, 0.3) is 5.92 Å². The molecule has 4 heterocycles. The molecule has 2 fully saturated rings. The van der Waals surface area contributed by atoms with Gasteiger partial charge in [0.15, 0.2) is 0 Å². The number of nitriles is 1. The number of piperazine rings is 1. The predicted molar refractivity (Wildman–Crippen MR) is 113 cm³/mol. The fourth-order valence-corrected chi connectivity index (χ4v) is 4.69. The van der Waals surface area contributed by atoms with Crippen molar-refractivity contribution >= 4 is 11.7 Å². The molecule has 0 saturated carbocycles. The van der Waals surface area contributed by atoms with E-state index >= 15 is 0 Å². The van der Waals surface area contributed by atoms with Gasteiger partial charge >= 0.3 is 0 Å². The van der Waals surface area contributed by atoms with Crippen molar-refractivity contribution in [3.05, 3.63) is 47.9 Å². The van der Waals surface area contributed by atoms with Gasteiger partial charge in [-0.1, -0.05) is 6.92 Å². The summed E-state index contributed by atoms with van der Waals surface area (Å²) < 4.78 is 34.3. The number of alkyl halides is 2. The first kappa shape index (κ1) is 21.9. The van der Waals surface area contributed by atoms with Gasteiger partial charge in [0.1, 0.15) is 17.6 Å². The monoisotopic (exact) mass is 441 g/mol. The van der Waals surface area contributed by atoms with Crippen molar-refractivity contribution in [1.82, 2.24) is 14.9 Å². The average molecular weight is 441 g/mol. The molecule has 0 N–H and O–H groups in total. The summed E-state index contributed by atoms with van der Waals surface area (Å²) in [5.41, 5.74) is 0.241. The number of halogens is 2. The number of hydrogen-bond donors (Lipinski definition) is 0. The van der Waals surface area contributed by atoms with Crippen LogP contribution in [0, 0.1) is 17.2 Å². The van der Waals surface area contributed by atoms with Crippen molar-refractivity contribution < 1.29 is 18.3 Å². The minimum absolute atomic E-state index is 0.0706. The smallest absolute Gasteiger partial charge is 0.275 e. The van der Waals surface area contributed by atoms with Gasteiger partial charge in [-0.2, -0.15) is 5.26 Å². The number of rotatable bonds is 6. The van der Waals surface area contributed by atoms with Crippen LogP contribution in [0.5, 0.6) is 5.75 Å². The molecule has 0 spiro atoms. The van der Waals surface area contributed by atoms with E-state index in [0.29, 0.717) is 24.6 Å². The highest BCUT2D eigenvalue weighted by Gasteiger charge is 2.46. The highest BCUT2D eigenvalue weighted by Crippen LogP contribution is 2.39. The van der Waals surface area contributed by atoms with Crippen LogP contribution in [0.15, 0.2) is 36.8 Å². The molecular weight excluding hydrogens is 416 g/mol. The first-order valence-corrected chi connectivity index (χ1v) is 10.6. The van der Waals surface area contributed by atoms with Crippen LogP contribution < -0.4 is 9.64 Å². The molecule has 4 rings (SSSR count). The highest BCUT2D eigenvalue weighted by atomic mass is 19.3. The lowest BCUT2D eigenvalue weighted by atomic mass is 10.0. The van der Waals surface area contributed by atoms with E-state index < -0.39 is 12.3 Å². The van der Waals surface area contributed by atoms with Crippen molar-refractivity contribution in [3.8, 4) is 11.8 Å². The topological polar surface area (TPSA) is 82.4 Å². The molecule has 2 bridgehead atoms. The number of ether oxygens (including phenoxy) is 1. The van der Waals surface area contributed by atoms with Crippen LogP contribution in [0.2, 0.25) is 0 Å². The largest absolute Gasteiger partial charge is 0.495 e. The zero-order chi connectivity index (χ0) is 22.9. The number of carbonyl (C=O) groups is 1. The molecule has 2 aromatic rings. The lowest BCUT2D eigenvalue weighted by Crippen LogP contribution is -2.56. The normalized spacial score (nSPS) is 22.5. The Morgan fingerprint density at radius 1 is 1.31 bits per heavy atom. The molecule has 0 aliphatic carbocycles. The molecule has 3 atom stereocenters. The minimum atomic E-state index is -3.17. The minimum Gasteiger partial charge on any atom is -0.495 e. The molecule has 0 aromatic carbocycles. The van der Waals surface area contributed by atoms with Gasteiger partial charge < -0.3 is 14.5 Å². The van der Waals surface area contributed by atoms with Gasteiger partial charge in [0.05, 0.1) is 24.9 Å². The zero-order valence-electron chi connectivity index (χ0n) is 18.0. The summed E-state index contributed by atoms with van der Waals surface area (Å²) in [6.45, 7) is 3.09. The van der Waals surface area contributed by atoms with Crippen molar-refractivity contribution in [1.29, 1.82) is 5.26 Å². The molecule has 7 nitrogen and oxygen atoms in total. The van der Waals surface area contributed by atoms with E-state index in [1.165, 1.54) is 19.4 Å². The third-order valence-corrected chi connectivity index (χ3v) is 6.41. The molecule has 2 aliphatic heterocycles.